The molecule has 0 aromatic heterocycles. The summed E-state index contributed by atoms with van der Waals surface area (Å²) in [4.78, 5) is 2.54. The summed E-state index contributed by atoms with van der Waals surface area (Å²) in [7, 11) is 2.26. The van der Waals surface area contributed by atoms with Crippen LogP contribution in [0.5, 0.6) is 0 Å². The second-order valence-electron chi connectivity index (χ2n) is 7.86. The largest absolute Gasteiger partial charge is 0.394 e. The quantitative estimate of drug-likeness (QED) is 0.754. The van der Waals surface area contributed by atoms with Gasteiger partial charge in [-0.05, 0) is 65.0 Å². The standard InChI is InChI=1S/C17H36N2O/c1-7-18-17(5,13-20)12-14(2)19(6)15-8-10-16(3,4)11-9-15/h14-15,18,20H,7-13H2,1-6H3. The molecule has 0 aromatic rings. The number of rotatable bonds is 7. The predicted molar refractivity (Wildman–Crippen MR) is 87.0 cm³/mol. The first kappa shape index (κ1) is 17.9. The van der Waals surface area contributed by atoms with Crippen molar-refractivity contribution >= 4 is 0 Å². The molecular weight excluding hydrogens is 248 g/mol. The van der Waals surface area contributed by atoms with Crippen LogP contribution in [0.25, 0.3) is 0 Å². The van der Waals surface area contributed by atoms with Gasteiger partial charge in [0.2, 0.25) is 0 Å². The van der Waals surface area contributed by atoms with E-state index in [2.05, 4.69) is 51.9 Å². The number of aliphatic hydroxyl groups excluding tert-OH is 1. The molecule has 2 N–H and O–H groups in total. The van der Waals surface area contributed by atoms with Gasteiger partial charge in [-0.25, -0.2) is 0 Å². The Bertz CT molecular complexity index is 283. The minimum Gasteiger partial charge on any atom is -0.394 e. The summed E-state index contributed by atoms with van der Waals surface area (Å²) in [6, 6.07) is 1.21. The van der Waals surface area contributed by atoms with E-state index in [1.165, 1.54) is 25.7 Å². The van der Waals surface area contributed by atoms with Crippen molar-refractivity contribution in [3.05, 3.63) is 0 Å². The van der Waals surface area contributed by atoms with E-state index in [1.807, 2.05) is 0 Å². The van der Waals surface area contributed by atoms with E-state index in [-0.39, 0.29) is 12.1 Å². The van der Waals surface area contributed by atoms with Gasteiger partial charge in [0, 0.05) is 17.6 Å². The average Bonchev–Trinajstić information content (AvgIpc) is 2.38. The zero-order valence-electron chi connectivity index (χ0n) is 14.5. The Balaban J connectivity index is 2.52. The molecule has 2 unspecified atom stereocenters. The molecule has 0 amide bonds. The Kier molecular flexibility index (Phi) is 6.49. The molecular formula is C17H36N2O. The van der Waals surface area contributed by atoms with Gasteiger partial charge in [-0.1, -0.05) is 20.8 Å². The maximum absolute atomic E-state index is 9.65. The number of nitrogens with one attached hydrogen (secondary N) is 1. The van der Waals surface area contributed by atoms with Gasteiger partial charge in [-0.2, -0.15) is 0 Å². The van der Waals surface area contributed by atoms with Crippen LogP contribution in [0.3, 0.4) is 0 Å². The first-order valence-corrected chi connectivity index (χ1v) is 8.31. The molecule has 1 fully saturated rings. The Hall–Kier alpha value is -0.120. The number of hydrogen-bond acceptors (Lipinski definition) is 3. The maximum atomic E-state index is 9.65. The van der Waals surface area contributed by atoms with Crippen molar-refractivity contribution < 1.29 is 5.11 Å². The van der Waals surface area contributed by atoms with Crippen molar-refractivity contribution in [1.29, 1.82) is 0 Å². The summed E-state index contributed by atoms with van der Waals surface area (Å²) in [5, 5.41) is 13.1. The summed E-state index contributed by atoms with van der Waals surface area (Å²) in [6.45, 7) is 12.4. The van der Waals surface area contributed by atoms with Crippen LogP contribution >= 0.6 is 0 Å². The lowest BCUT2D eigenvalue weighted by atomic mass is 9.75. The van der Waals surface area contributed by atoms with Crippen LogP contribution < -0.4 is 5.32 Å². The predicted octanol–water partition coefficient (Wildman–Crippen LogP) is 3.03. The topological polar surface area (TPSA) is 35.5 Å². The van der Waals surface area contributed by atoms with Crippen molar-refractivity contribution in [3.63, 3.8) is 0 Å². The molecule has 1 aliphatic rings. The summed E-state index contributed by atoms with van der Waals surface area (Å²) in [6.07, 6.45) is 6.28. The van der Waals surface area contributed by atoms with E-state index >= 15 is 0 Å². The molecule has 1 aliphatic carbocycles. The minimum absolute atomic E-state index is 0.156. The van der Waals surface area contributed by atoms with Crippen molar-refractivity contribution in [3.8, 4) is 0 Å². The number of nitrogens with zero attached hydrogens (tertiary/aromatic N) is 1. The second kappa shape index (κ2) is 7.24. The van der Waals surface area contributed by atoms with Crippen LogP contribution in [0.4, 0.5) is 0 Å². The van der Waals surface area contributed by atoms with Crippen LogP contribution in [-0.4, -0.2) is 47.8 Å². The third kappa shape index (κ3) is 5.01. The molecule has 0 saturated heterocycles. The average molecular weight is 284 g/mol. The number of likely N-dealkylation sites (N-methyl/N-ethyl adjacent to an activating group) is 1. The molecule has 3 heteroatoms. The minimum atomic E-state index is -0.156. The van der Waals surface area contributed by atoms with E-state index < -0.39 is 0 Å². The molecule has 1 saturated carbocycles. The van der Waals surface area contributed by atoms with Gasteiger partial charge < -0.3 is 15.3 Å². The van der Waals surface area contributed by atoms with Gasteiger partial charge in [-0.3, -0.25) is 0 Å². The van der Waals surface area contributed by atoms with Crippen LogP contribution in [0.2, 0.25) is 0 Å². The Labute approximate surface area is 126 Å². The first-order chi connectivity index (χ1) is 9.23. The smallest absolute Gasteiger partial charge is 0.0611 e. The Morgan fingerprint density at radius 1 is 1.35 bits per heavy atom. The van der Waals surface area contributed by atoms with E-state index in [0.29, 0.717) is 17.5 Å². The van der Waals surface area contributed by atoms with E-state index in [9.17, 15) is 5.11 Å². The van der Waals surface area contributed by atoms with Crippen molar-refractivity contribution in [2.24, 2.45) is 5.41 Å². The summed E-state index contributed by atoms with van der Waals surface area (Å²) in [5.41, 5.74) is 0.375. The first-order valence-electron chi connectivity index (χ1n) is 8.31. The fourth-order valence-corrected chi connectivity index (χ4v) is 3.57. The van der Waals surface area contributed by atoms with E-state index in [0.717, 1.165) is 13.0 Å². The van der Waals surface area contributed by atoms with Crippen molar-refractivity contribution in [2.45, 2.75) is 84.3 Å². The molecule has 0 aliphatic heterocycles. The maximum Gasteiger partial charge on any atom is 0.0611 e. The SMILES string of the molecule is CCNC(C)(CO)CC(C)N(C)C1CCC(C)(C)CC1. The molecule has 0 radical (unpaired) electrons. The van der Waals surface area contributed by atoms with Gasteiger partial charge in [-0.15, -0.1) is 0 Å². The highest BCUT2D eigenvalue weighted by molar-refractivity contribution is 4.90. The van der Waals surface area contributed by atoms with Gasteiger partial charge in [0.25, 0.3) is 0 Å². The molecule has 20 heavy (non-hydrogen) atoms. The summed E-state index contributed by atoms with van der Waals surface area (Å²) >= 11 is 0. The highest BCUT2D eigenvalue weighted by atomic mass is 16.3. The second-order valence-corrected chi connectivity index (χ2v) is 7.86. The molecule has 2 atom stereocenters. The van der Waals surface area contributed by atoms with E-state index in [4.69, 9.17) is 0 Å². The van der Waals surface area contributed by atoms with Gasteiger partial charge in [0.05, 0.1) is 6.61 Å². The van der Waals surface area contributed by atoms with Gasteiger partial charge in [0.15, 0.2) is 0 Å². The lowest BCUT2D eigenvalue weighted by Crippen LogP contribution is -2.52. The molecule has 0 spiro atoms. The fraction of sp³-hybridized carbons (Fsp3) is 1.00. The third-order valence-electron chi connectivity index (χ3n) is 5.28. The molecule has 0 bridgehead atoms. The monoisotopic (exact) mass is 284 g/mol. The van der Waals surface area contributed by atoms with E-state index in [1.54, 1.807) is 0 Å². The molecule has 3 nitrogen and oxygen atoms in total. The highest BCUT2D eigenvalue weighted by Gasteiger charge is 2.32. The van der Waals surface area contributed by atoms with Gasteiger partial charge in [0.1, 0.15) is 0 Å². The zero-order chi connectivity index (χ0) is 15.4. The van der Waals surface area contributed by atoms with Crippen LogP contribution in [0.15, 0.2) is 0 Å². The Morgan fingerprint density at radius 3 is 2.35 bits per heavy atom. The molecule has 120 valence electrons. The lowest BCUT2D eigenvalue weighted by Gasteiger charge is -2.43. The van der Waals surface area contributed by atoms with Crippen LogP contribution in [0.1, 0.15) is 66.7 Å². The fourth-order valence-electron chi connectivity index (χ4n) is 3.57. The summed E-state index contributed by atoms with van der Waals surface area (Å²) < 4.78 is 0. The number of hydrogen-bond donors (Lipinski definition) is 2. The number of aliphatic hydroxyl groups is 1. The van der Waals surface area contributed by atoms with Crippen molar-refractivity contribution in [1.82, 2.24) is 10.2 Å². The molecule has 0 heterocycles. The van der Waals surface area contributed by atoms with Gasteiger partial charge >= 0.3 is 0 Å². The van der Waals surface area contributed by atoms with Crippen molar-refractivity contribution in [2.75, 3.05) is 20.2 Å². The van der Waals surface area contributed by atoms with Crippen LogP contribution in [0, 0.1) is 5.41 Å². The molecule has 0 aromatic carbocycles. The molecule has 1 rings (SSSR count). The third-order valence-corrected chi connectivity index (χ3v) is 5.28. The zero-order valence-corrected chi connectivity index (χ0v) is 14.5. The Morgan fingerprint density at radius 2 is 1.90 bits per heavy atom. The normalized spacial score (nSPS) is 24.6. The highest BCUT2D eigenvalue weighted by Crippen LogP contribution is 2.37. The summed E-state index contributed by atoms with van der Waals surface area (Å²) in [5.74, 6) is 0. The van der Waals surface area contributed by atoms with Crippen LogP contribution in [-0.2, 0) is 0 Å². The lowest BCUT2D eigenvalue weighted by molar-refractivity contribution is 0.0716.